The number of amides is 2. The predicted molar refractivity (Wildman–Crippen MR) is 149 cm³/mol. The molecule has 0 unspecified atom stereocenters. The Hall–Kier alpha value is -2.93. The van der Waals surface area contributed by atoms with E-state index in [-0.39, 0.29) is 48.9 Å². The summed E-state index contributed by atoms with van der Waals surface area (Å²) in [7, 11) is -3.36. The summed E-state index contributed by atoms with van der Waals surface area (Å²) < 4.78 is 57.5. The molecule has 2 amide bonds. The SMILES string of the molecule is CS(=O)(=O)N1CCN(C(=O)[C@H](CC2(CCN[C@H]3C[C@@H]3c3ccc(F)cc3)COC2)NC(=O)c2ccc(F)cc2)CC1. The van der Waals surface area contributed by atoms with Crippen molar-refractivity contribution in [3.8, 4) is 0 Å². The lowest BCUT2D eigenvalue weighted by atomic mass is 9.76. The summed E-state index contributed by atoms with van der Waals surface area (Å²) in [6.07, 6.45) is 3.22. The fraction of sp³-hybridized carbons (Fsp3) is 0.517. The molecule has 0 aromatic heterocycles. The summed E-state index contributed by atoms with van der Waals surface area (Å²) >= 11 is 0. The van der Waals surface area contributed by atoms with Crippen LogP contribution in [0.4, 0.5) is 8.78 Å². The monoisotopic (exact) mass is 590 g/mol. The molecule has 41 heavy (non-hydrogen) atoms. The molecule has 1 saturated carbocycles. The number of ether oxygens (including phenoxy) is 1. The van der Waals surface area contributed by atoms with Crippen LogP contribution in [-0.2, 0) is 19.6 Å². The van der Waals surface area contributed by atoms with Crippen molar-refractivity contribution in [1.82, 2.24) is 19.8 Å². The van der Waals surface area contributed by atoms with Gasteiger partial charge < -0.3 is 20.3 Å². The lowest BCUT2D eigenvalue weighted by molar-refractivity contribution is -0.145. The summed E-state index contributed by atoms with van der Waals surface area (Å²) in [5.41, 5.74) is 1.03. The molecule has 2 aromatic carbocycles. The molecule has 3 fully saturated rings. The molecule has 1 aliphatic carbocycles. The zero-order chi connectivity index (χ0) is 29.2. The van der Waals surface area contributed by atoms with Crippen LogP contribution in [0.2, 0.25) is 0 Å². The third kappa shape index (κ3) is 7.29. The number of benzene rings is 2. The molecule has 2 heterocycles. The van der Waals surface area contributed by atoms with E-state index in [2.05, 4.69) is 10.6 Å². The van der Waals surface area contributed by atoms with Gasteiger partial charge in [-0.15, -0.1) is 0 Å². The molecule has 3 aliphatic rings. The zero-order valence-electron chi connectivity index (χ0n) is 23.0. The second kappa shape index (κ2) is 12.1. The van der Waals surface area contributed by atoms with E-state index in [1.54, 1.807) is 4.90 Å². The number of piperazine rings is 1. The number of sulfonamides is 1. The first-order valence-corrected chi connectivity index (χ1v) is 15.7. The third-order valence-corrected chi connectivity index (χ3v) is 9.64. The summed E-state index contributed by atoms with van der Waals surface area (Å²) in [6.45, 7) is 2.46. The molecule has 2 aliphatic heterocycles. The van der Waals surface area contributed by atoms with Gasteiger partial charge in [-0.3, -0.25) is 9.59 Å². The van der Waals surface area contributed by atoms with Gasteiger partial charge in [0.05, 0.1) is 19.5 Å². The van der Waals surface area contributed by atoms with E-state index in [0.29, 0.717) is 38.1 Å². The highest BCUT2D eigenvalue weighted by atomic mass is 32.2. The second-order valence-electron chi connectivity index (χ2n) is 11.4. The normalized spacial score (nSPS) is 23.0. The molecule has 12 heteroatoms. The average Bonchev–Trinajstić information content (AvgIpc) is 3.70. The van der Waals surface area contributed by atoms with Crippen molar-refractivity contribution in [3.63, 3.8) is 0 Å². The molecule has 9 nitrogen and oxygen atoms in total. The van der Waals surface area contributed by atoms with Gasteiger partial charge in [0.15, 0.2) is 0 Å². The summed E-state index contributed by atoms with van der Waals surface area (Å²) in [5, 5.41) is 6.44. The van der Waals surface area contributed by atoms with Crippen LogP contribution in [0, 0.1) is 17.0 Å². The van der Waals surface area contributed by atoms with Crippen molar-refractivity contribution in [3.05, 3.63) is 71.3 Å². The highest BCUT2D eigenvalue weighted by Crippen LogP contribution is 2.42. The minimum absolute atomic E-state index is 0.192. The first-order chi connectivity index (χ1) is 19.5. The molecule has 2 aromatic rings. The first-order valence-electron chi connectivity index (χ1n) is 13.9. The van der Waals surface area contributed by atoms with E-state index in [1.165, 1.54) is 40.7 Å². The highest BCUT2D eigenvalue weighted by molar-refractivity contribution is 7.88. The number of carbonyl (C=O) groups is 2. The number of nitrogens with one attached hydrogen (secondary N) is 2. The summed E-state index contributed by atoms with van der Waals surface area (Å²) in [5.74, 6) is -1.12. The minimum Gasteiger partial charge on any atom is -0.380 e. The molecule has 0 bridgehead atoms. The third-order valence-electron chi connectivity index (χ3n) is 8.33. The van der Waals surface area contributed by atoms with Crippen LogP contribution in [0.5, 0.6) is 0 Å². The van der Waals surface area contributed by atoms with Crippen molar-refractivity contribution < 1.29 is 31.5 Å². The van der Waals surface area contributed by atoms with Gasteiger partial charge in [-0.1, -0.05) is 12.1 Å². The minimum atomic E-state index is -3.36. The lowest BCUT2D eigenvalue weighted by Crippen LogP contribution is -2.58. The molecule has 0 spiro atoms. The van der Waals surface area contributed by atoms with Crippen LogP contribution in [0.1, 0.15) is 41.1 Å². The maximum absolute atomic E-state index is 13.7. The first kappa shape index (κ1) is 29.6. The quantitative estimate of drug-likeness (QED) is 0.415. The molecule has 0 radical (unpaired) electrons. The van der Waals surface area contributed by atoms with Gasteiger partial charge in [0, 0.05) is 49.1 Å². The van der Waals surface area contributed by atoms with Crippen LogP contribution in [-0.4, -0.2) is 93.7 Å². The summed E-state index contributed by atoms with van der Waals surface area (Å²) in [6, 6.07) is 11.2. The van der Waals surface area contributed by atoms with Crippen LogP contribution in [0.15, 0.2) is 48.5 Å². The Kier molecular flexibility index (Phi) is 8.74. The van der Waals surface area contributed by atoms with E-state index in [0.717, 1.165) is 24.7 Å². The molecule has 3 atom stereocenters. The fourth-order valence-corrected chi connectivity index (χ4v) is 6.54. The second-order valence-corrected chi connectivity index (χ2v) is 13.4. The molecule has 2 saturated heterocycles. The van der Waals surface area contributed by atoms with Gasteiger partial charge in [-0.25, -0.2) is 17.2 Å². The molecular formula is C29H36F2N4O5S. The van der Waals surface area contributed by atoms with Gasteiger partial charge >= 0.3 is 0 Å². The number of carbonyl (C=O) groups excluding carboxylic acids is 2. The lowest BCUT2D eigenvalue weighted by Gasteiger charge is -2.44. The molecule has 222 valence electrons. The van der Waals surface area contributed by atoms with Crippen LogP contribution in [0.3, 0.4) is 0 Å². The number of rotatable bonds is 11. The standard InChI is InChI=1S/C29H36F2N4O5S/c1-41(38,39)35-14-12-34(13-15-35)28(37)26(33-27(36)21-4-8-23(31)9-5-21)17-29(18-40-19-29)10-11-32-25-16-24(25)20-2-6-22(30)7-3-20/h2-9,24-26,32H,10-19H2,1H3,(H,33,36)/t24-,25+,26+/m1/s1. The van der Waals surface area contributed by atoms with Crippen molar-refractivity contribution >= 4 is 21.8 Å². The van der Waals surface area contributed by atoms with Crippen molar-refractivity contribution in [1.29, 1.82) is 0 Å². The van der Waals surface area contributed by atoms with E-state index < -0.39 is 27.8 Å². The van der Waals surface area contributed by atoms with Gasteiger partial charge in [-0.2, -0.15) is 4.31 Å². The maximum Gasteiger partial charge on any atom is 0.251 e. The number of hydrogen-bond donors (Lipinski definition) is 2. The maximum atomic E-state index is 13.7. The van der Waals surface area contributed by atoms with Gasteiger partial charge in [-0.05, 0) is 67.8 Å². The zero-order valence-corrected chi connectivity index (χ0v) is 23.8. The Morgan fingerprint density at radius 1 is 1.00 bits per heavy atom. The smallest absolute Gasteiger partial charge is 0.251 e. The number of nitrogens with zero attached hydrogens (tertiary/aromatic N) is 2. The van der Waals surface area contributed by atoms with E-state index >= 15 is 0 Å². The molecular weight excluding hydrogens is 554 g/mol. The Morgan fingerprint density at radius 2 is 1.61 bits per heavy atom. The highest BCUT2D eigenvalue weighted by Gasteiger charge is 2.44. The van der Waals surface area contributed by atoms with Crippen molar-refractivity contribution in [2.45, 2.75) is 37.3 Å². The topological polar surface area (TPSA) is 108 Å². The van der Waals surface area contributed by atoms with Crippen LogP contribution in [0.25, 0.3) is 0 Å². The van der Waals surface area contributed by atoms with Gasteiger partial charge in [0.2, 0.25) is 15.9 Å². The number of halogens is 2. The summed E-state index contributed by atoms with van der Waals surface area (Å²) in [4.78, 5) is 28.4. The van der Waals surface area contributed by atoms with Gasteiger partial charge in [0.1, 0.15) is 17.7 Å². The Morgan fingerprint density at radius 3 is 2.17 bits per heavy atom. The van der Waals surface area contributed by atoms with Crippen LogP contribution >= 0.6 is 0 Å². The Balaban J connectivity index is 1.22. The van der Waals surface area contributed by atoms with E-state index in [4.69, 9.17) is 4.74 Å². The number of hydrogen-bond acceptors (Lipinski definition) is 6. The Labute approximate surface area is 239 Å². The van der Waals surface area contributed by atoms with E-state index in [1.807, 2.05) is 12.1 Å². The fourth-order valence-electron chi connectivity index (χ4n) is 5.71. The molecule has 2 N–H and O–H groups in total. The van der Waals surface area contributed by atoms with Gasteiger partial charge in [0.25, 0.3) is 5.91 Å². The Bertz CT molecular complexity index is 1340. The molecule has 5 rings (SSSR count). The van der Waals surface area contributed by atoms with Crippen molar-refractivity contribution in [2.24, 2.45) is 5.41 Å². The largest absolute Gasteiger partial charge is 0.380 e. The van der Waals surface area contributed by atoms with Crippen molar-refractivity contribution in [2.75, 3.05) is 52.2 Å². The average molecular weight is 591 g/mol. The van der Waals surface area contributed by atoms with Crippen LogP contribution < -0.4 is 10.6 Å². The predicted octanol–water partition coefficient (Wildman–Crippen LogP) is 2.11. The van der Waals surface area contributed by atoms with E-state index in [9.17, 15) is 26.8 Å².